The van der Waals surface area contributed by atoms with Gasteiger partial charge in [-0.05, 0) is 44.9 Å². The van der Waals surface area contributed by atoms with E-state index in [1.165, 1.54) is 7.11 Å². The number of aryl methyl sites for hydroxylation is 2. The molecular weight excluding hydrogens is 458 g/mol. The minimum atomic E-state index is -0.847. The third-order valence-corrected chi connectivity index (χ3v) is 6.14. The van der Waals surface area contributed by atoms with E-state index in [4.69, 9.17) is 4.74 Å². The van der Waals surface area contributed by atoms with Crippen molar-refractivity contribution in [3.05, 3.63) is 11.9 Å². The molecule has 0 unspecified atom stereocenters. The summed E-state index contributed by atoms with van der Waals surface area (Å²) in [6.07, 6.45) is 5.04. The summed E-state index contributed by atoms with van der Waals surface area (Å²) in [6, 6.07) is -2.36. The fraction of sp³-hybridized carbons (Fsp3) is 0.682. The molecule has 0 saturated carbocycles. The molecule has 3 aliphatic rings. The Morgan fingerprint density at radius 3 is 2.40 bits per heavy atom. The van der Waals surface area contributed by atoms with Crippen LogP contribution in [0.2, 0.25) is 0 Å². The molecule has 1 aromatic rings. The number of methoxy groups -OCH3 is 1. The molecule has 4 amide bonds. The largest absolute Gasteiger partial charge is 0.467 e. The molecule has 0 spiro atoms. The average molecular weight is 492 g/mol. The molecule has 0 aromatic carbocycles. The summed E-state index contributed by atoms with van der Waals surface area (Å²) in [7, 11) is 1.25. The zero-order chi connectivity index (χ0) is 25.2. The highest BCUT2D eigenvalue weighted by Crippen LogP contribution is 2.11. The maximum absolute atomic E-state index is 12.5. The van der Waals surface area contributed by atoms with Gasteiger partial charge in [0.05, 0.1) is 19.0 Å². The molecule has 2 bridgehead atoms. The van der Waals surface area contributed by atoms with Gasteiger partial charge in [-0.2, -0.15) is 0 Å². The van der Waals surface area contributed by atoms with E-state index >= 15 is 0 Å². The minimum Gasteiger partial charge on any atom is -0.467 e. The fourth-order valence-corrected chi connectivity index (χ4v) is 4.17. The summed E-state index contributed by atoms with van der Waals surface area (Å²) < 4.78 is 6.55. The first-order chi connectivity index (χ1) is 16.9. The number of carbonyl (C=O) groups excluding carboxylic acids is 5. The van der Waals surface area contributed by atoms with Crippen LogP contribution in [0.15, 0.2) is 6.20 Å². The van der Waals surface area contributed by atoms with Crippen molar-refractivity contribution in [1.29, 1.82) is 0 Å². The van der Waals surface area contributed by atoms with Gasteiger partial charge in [-0.1, -0.05) is 5.21 Å². The zero-order valence-electron chi connectivity index (χ0n) is 19.9. The van der Waals surface area contributed by atoms with Gasteiger partial charge in [0.2, 0.25) is 23.6 Å². The van der Waals surface area contributed by atoms with Crippen molar-refractivity contribution in [2.45, 2.75) is 82.5 Å². The van der Waals surface area contributed by atoms with Gasteiger partial charge in [0.1, 0.15) is 18.1 Å². The molecule has 3 atom stereocenters. The normalized spacial score (nSPS) is 25.6. The van der Waals surface area contributed by atoms with Crippen LogP contribution < -0.4 is 21.3 Å². The number of hydrogen-bond donors (Lipinski definition) is 4. The molecule has 3 aliphatic heterocycles. The van der Waals surface area contributed by atoms with Gasteiger partial charge in [-0.25, -0.2) is 9.48 Å². The van der Waals surface area contributed by atoms with Crippen LogP contribution in [-0.2, 0) is 41.7 Å². The molecule has 35 heavy (non-hydrogen) atoms. The Morgan fingerprint density at radius 1 is 0.914 bits per heavy atom. The van der Waals surface area contributed by atoms with Crippen molar-refractivity contribution in [3.63, 3.8) is 0 Å². The third kappa shape index (κ3) is 7.76. The SMILES string of the molecule is COC(=O)[C@@H]1CCCn2nncc2CCCC(=O)NCCC[C@@H]2NC(=O)[C@H](CCC(=O)N1)NC2=O. The molecule has 13 heteroatoms. The first-order valence-corrected chi connectivity index (χ1v) is 12.0. The predicted molar refractivity (Wildman–Crippen MR) is 121 cm³/mol. The summed E-state index contributed by atoms with van der Waals surface area (Å²) in [4.78, 5) is 61.6. The van der Waals surface area contributed by atoms with Gasteiger partial charge in [0.15, 0.2) is 0 Å². The second-order valence-corrected chi connectivity index (χ2v) is 8.74. The first-order valence-electron chi connectivity index (χ1n) is 12.0. The monoisotopic (exact) mass is 491 g/mol. The van der Waals surface area contributed by atoms with Crippen LogP contribution in [0.3, 0.4) is 0 Å². The molecule has 192 valence electrons. The maximum atomic E-state index is 12.5. The molecule has 0 aliphatic carbocycles. The fourth-order valence-electron chi connectivity index (χ4n) is 4.17. The highest BCUT2D eigenvalue weighted by atomic mass is 16.5. The zero-order valence-corrected chi connectivity index (χ0v) is 19.9. The molecule has 1 aromatic heterocycles. The Kier molecular flexibility index (Phi) is 9.56. The van der Waals surface area contributed by atoms with Crippen LogP contribution in [0.5, 0.6) is 0 Å². The molecule has 4 N–H and O–H groups in total. The lowest BCUT2D eigenvalue weighted by atomic mass is 10.0. The molecule has 4 rings (SSSR count). The van der Waals surface area contributed by atoms with Crippen LogP contribution in [0, 0.1) is 0 Å². The number of hydrogen-bond acceptors (Lipinski definition) is 8. The summed E-state index contributed by atoms with van der Waals surface area (Å²) in [6.45, 7) is 0.892. The van der Waals surface area contributed by atoms with E-state index in [0.29, 0.717) is 58.0 Å². The van der Waals surface area contributed by atoms with E-state index in [0.717, 1.165) is 5.69 Å². The van der Waals surface area contributed by atoms with Gasteiger partial charge < -0.3 is 26.0 Å². The van der Waals surface area contributed by atoms with Crippen molar-refractivity contribution < 1.29 is 28.7 Å². The number of piperazine rings is 1. The van der Waals surface area contributed by atoms with Gasteiger partial charge in [0, 0.05) is 25.9 Å². The quantitative estimate of drug-likeness (QED) is 0.351. The summed E-state index contributed by atoms with van der Waals surface area (Å²) >= 11 is 0. The van der Waals surface area contributed by atoms with Crippen LogP contribution in [0.1, 0.15) is 57.1 Å². The topological polar surface area (TPSA) is 173 Å². The molecule has 13 nitrogen and oxygen atoms in total. The predicted octanol–water partition coefficient (Wildman–Crippen LogP) is -1.29. The van der Waals surface area contributed by atoms with Crippen LogP contribution in [-0.4, -0.2) is 76.4 Å². The molecule has 4 heterocycles. The van der Waals surface area contributed by atoms with Crippen molar-refractivity contribution in [3.8, 4) is 0 Å². The Balaban J connectivity index is 1.66. The lowest BCUT2D eigenvalue weighted by Gasteiger charge is -2.29. The molecule has 0 radical (unpaired) electrons. The Morgan fingerprint density at radius 2 is 1.66 bits per heavy atom. The van der Waals surface area contributed by atoms with Crippen molar-refractivity contribution in [1.82, 2.24) is 36.3 Å². The minimum absolute atomic E-state index is 0.0458. The lowest BCUT2D eigenvalue weighted by Crippen LogP contribution is -2.61. The average Bonchev–Trinajstić information content (AvgIpc) is 3.28. The van der Waals surface area contributed by atoms with E-state index in [1.807, 2.05) is 0 Å². The Labute approximate surface area is 203 Å². The molecule has 1 saturated heterocycles. The summed E-state index contributed by atoms with van der Waals surface area (Å²) in [5.41, 5.74) is 0.886. The Hall–Kier alpha value is -3.51. The Bertz CT molecular complexity index is 933. The van der Waals surface area contributed by atoms with Crippen LogP contribution >= 0.6 is 0 Å². The van der Waals surface area contributed by atoms with Crippen molar-refractivity contribution in [2.24, 2.45) is 0 Å². The maximum Gasteiger partial charge on any atom is 0.328 e. The van der Waals surface area contributed by atoms with Crippen LogP contribution in [0.4, 0.5) is 0 Å². The molecular formula is C22H33N7O6. The number of rotatable bonds is 1. The summed E-state index contributed by atoms with van der Waals surface area (Å²) in [5, 5.41) is 18.9. The highest BCUT2D eigenvalue weighted by Gasteiger charge is 2.33. The second-order valence-electron chi connectivity index (χ2n) is 8.74. The number of ether oxygens (including phenoxy) is 1. The van der Waals surface area contributed by atoms with E-state index in [-0.39, 0.29) is 30.6 Å². The van der Waals surface area contributed by atoms with Crippen molar-refractivity contribution in [2.75, 3.05) is 13.7 Å². The number of amides is 4. The number of esters is 1. The van der Waals surface area contributed by atoms with Crippen molar-refractivity contribution >= 4 is 29.6 Å². The number of aromatic nitrogens is 3. The number of carbonyl (C=O) groups is 5. The van der Waals surface area contributed by atoms with E-state index < -0.39 is 30.0 Å². The number of nitrogens with one attached hydrogen (secondary N) is 4. The second kappa shape index (κ2) is 12.8. The molecule has 1 fully saturated rings. The smallest absolute Gasteiger partial charge is 0.328 e. The number of nitrogens with zero attached hydrogens (tertiary/aromatic N) is 3. The lowest BCUT2D eigenvalue weighted by molar-refractivity contribution is -0.145. The van der Waals surface area contributed by atoms with E-state index in [2.05, 4.69) is 31.6 Å². The van der Waals surface area contributed by atoms with E-state index in [1.54, 1.807) is 10.9 Å². The number of fused-ring (bicyclic) bond motifs is 16. The highest BCUT2D eigenvalue weighted by molar-refractivity contribution is 5.97. The standard InChI is InChI=1S/C22H33N7O6/c1-35-22(34)17-7-4-12-29-14(13-24-28-29)5-2-8-18(30)23-11-3-6-15-20(32)27-16(21(33)26-15)9-10-19(31)25-17/h13,15-17H,2-12H2,1H3,(H,23,30)(H,25,31)(H,26,33)(H,27,32)/t15-,16-,17-/m0/s1. The summed E-state index contributed by atoms with van der Waals surface area (Å²) in [5.74, 6) is -1.74. The first kappa shape index (κ1) is 26.1. The van der Waals surface area contributed by atoms with Crippen LogP contribution in [0.25, 0.3) is 0 Å². The van der Waals surface area contributed by atoms with Gasteiger partial charge in [-0.15, -0.1) is 5.10 Å². The van der Waals surface area contributed by atoms with Gasteiger partial charge >= 0.3 is 5.97 Å². The van der Waals surface area contributed by atoms with E-state index in [9.17, 15) is 24.0 Å². The third-order valence-electron chi connectivity index (χ3n) is 6.14. The van der Waals surface area contributed by atoms with Gasteiger partial charge in [-0.3, -0.25) is 19.2 Å². The van der Waals surface area contributed by atoms with Gasteiger partial charge in [0.25, 0.3) is 0 Å².